The minimum atomic E-state index is -3.77. The zero-order valence-electron chi connectivity index (χ0n) is 14.6. The Morgan fingerprint density at radius 2 is 1.76 bits per heavy atom. The Morgan fingerprint density at radius 1 is 1.08 bits per heavy atom. The Hall–Kier alpha value is -2.38. The number of anilines is 1. The van der Waals surface area contributed by atoms with Crippen molar-refractivity contribution >= 4 is 21.6 Å². The van der Waals surface area contributed by atoms with Gasteiger partial charge in [-0.25, -0.2) is 8.42 Å². The standard InChI is InChI=1S/C18H23N3O3S/c1-14-9-10-15(18(22)19-11-12-21(2)3)13-17(14)25(23,24)20-16-7-5-4-6-8-16/h4-10,13,20H,11-12H2,1-3H3,(H,19,22). The third-order valence-electron chi connectivity index (χ3n) is 3.61. The molecule has 0 saturated carbocycles. The molecule has 0 unspecified atom stereocenters. The van der Waals surface area contributed by atoms with Crippen molar-refractivity contribution in [1.82, 2.24) is 10.2 Å². The normalized spacial score (nSPS) is 11.4. The Kier molecular flexibility index (Phi) is 6.17. The van der Waals surface area contributed by atoms with E-state index in [4.69, 9.17) is 0 Å². The third-order valence-corrected chi connectivity index (χ3v) is 5.13. The maximum absolute atomic E-state index is 12.7. The number of nitrogens with zero attached hydrogens (tertiary/aromatic N) is 1. The molecule has 2 aromatic carbocycles. The fraction of sp³-hybridized carbons (Fsp3) is 0.278. The Morgan fingerprint density at radius 3 is 2.40 bits per heavy atom. The van der Waals surface area contributed by atoms with Crippen molar-refractivity contribution in [3.05, 3.63) is 59.7 Å². The summed E-state index contributed by atoms with van der Waals surface area (Å²) >= 11 is 0. The minimum absolute atomic E-state index is 0.0941. The summed E-state index contributed by atoms with van der Waals surface area (Å²) in [5.41, 5.74) is 1.37. The second kappa shape index (κ2) is 8.13. The smallest absolute Gasteiger partial charge is 0.262 e. The van der Waals surface area contributed by atoms with E-state index in [9.17, 15) is 13.2 Å². The first-order valence-electron chi connectivity index (χ1n) is 7.91. The lowest BCUT2D eigenvalue weighted by Crippen LogP contribution is -2.31. The molecule has 0 spiro atoms. The second-order valence-corrected chi connectivity index (χ2v) is 7.66. The summed E-state index contributed by atoms with van der Waals surface area (Å²) in [5, 5.41) is 2.78. The highest BCUT2D eigenvalue weighted by atomic mass is 32.2. The van der Waals surface area contributed by atoms with Crippen molar-refractivity contribution in [1.29, 1.82) is 0 Å². The second-order valence-electron chi connectivity index (χ2n) is 6.01. The minimum Gasteiger partial charge on any atom is -0.351 e. The fourth-order valence-corrected chi connectivity index (χ4v) is 3.57. The average molecular weight is 361 g/mol. The summed E-state index contributed by atoms with van der Waals surface area (Å²) in [5.74, 6) is -0.294. The number of sulfonamides is 1. The lowest BCUT2D eigenvalue weighted by molar-refractivity contribution is 0.0951. The summed E-state index contributed by atoms with van der Waals surface area (Å²) < 4.78 is 27.8. The summed E-state index contributed by atoms with van der Waals surface area (Å²) in [6.45, 7) is 2.90. The number of hydrogen-bond donors (Lipinski definition) is 2. The number of rotatable bonds is 7. The van der Waals surface area contributed by atoms with Crippen LogP contribution in [0, 0.1) is 6.92 Å². The molecule has 0 atom stereocenters. The molecule has 0 saturated heterocycles. The van der Waals surface area contributed by atoms with Crippen LogP contribution in [-0.4, -0.2) is 46.4 Å². The van der Waals surface area contributed by atoms with Gasteiger partial charge in [-0.15, -0.1) is 0 Å². The molecule has 2 rings (SSSR count). The maximum Gasteiger partial charge on any atom is 0.262 e. The van der Waals surface area contributed by atoms with E-state index in [1.54, 1.807) is 43.3 Å². The summed E-state index contributed by atoms with van der Waals surface area (Å²) in [6.07, 6.45) is 0. The third kappa shape index (κ3) is 5.30. The average Bonchev–Trinajstić information content (AvgIpc) is 2.55. The van der Waals surface area contributed by atoms with E-state index in [-0.39, 0.29) is 10.8 Å². The number of hydrogen-bond acceptors (Lipinski definition) is 4. The fourth-order valence-electron chi connectivity index (χ4n) is 2.24. The van der Waals surface area contributed by atoms with Crippen molar-refractivity contribution in [2.45, 2.75) is 11.8 Å². The van der Waals surface area contributed by atoms with Gasteiger partial charge in [0, 0.05) is 24.3 Å². The molecule has 2 N–H and O–H groups in total. The molecule has 6 nitrogen and oxygen atoms in total. The van der Waals surface area contributed by atoms with Gasteiger partial charge < -0.3 is 10.2 Å². The van der Waals surface area contributed by atoms with E-state index in [1.165, 1.54) is 6.07 Å². The van der Waals surface area contributed by atoms with E-state index >= 15 is 0 Å². The highest BCUT2D eigenvalue weighted by Crippen LogP contribution is 2.20. The predicted octanol–water partition coefficient (Wildman–Crippen LogP) is 2.09. The van der Waals surface area contributed by atoms with Gasteiger partial charge in [0.2, 0.25) is 0 Å². The molecule has 0 aliphatic rings. The molecular weight excluding hydrogens is 338 g/mol. The van der Waals surface area contributed by atoms with Crippen LogP contribution in [0.4, 0.5) is 5.69 Å². The molecule has 0 heterocycles. The van der Waals surface area contributed by atoms with Crippen molar-refractivity contribution in [2.75, 3.05) is 31.9 Å². The van der Waals surface area contributed by atoms with Gasteiger partial charge >= 0.3 is 0 Å². The number of amides is 1. The molecule has 0 radical (unpaired) electrons. The largest absolute Gasteiger partial charge is 0.351 e. The highest BCUT2D eigenvalue weighted by Gasteiger charge is 2.19. The van der Waals surface area contributed by atoms with Crippen LogP contribution in [0.2, 0.25) is 0 Å². The lowest BCUT2D eigenvalue weighted by atomic mass is 10.1. The molecule has 25 heavy (non-hydrogen) atoms. The molecule has 7 heteroatoms. The van der Waals surface area contributed by atoms with Gasteiger partial charge in [0.25, 0.3) is 15.9 Å². The van der Waals surface area contributed by atoms with Crippen LogP contribution < -0.4 is 10.0 Å². The molecule has 1 amide bonds. The number of likely N-dealkylation sites (N-methyl/N-ethyl adjacent to an activating group) is 1. The van der Waals surface area contributed by atoms with Gasteiger partial charge in [0.1, 0.15) is 0 Å². The molecule has 2 aromatic rings. The summed E-state index contributed by atoms with van der Waals surface area (Å²) in [7, 11) is 0.0571. The zero-order valence-corrected chi connectivity index (χ0v) is 15.4. The van der Waals surface area contributed by atoms with E-state index < -0.39 is 10.0 Å². The molecule has 0 bridgehead atoms. The number of benzene rings is 2. The first-order chi connectivity index (χ1) is 11.8. The number of nitrogens with one attached hydrogen (secondary N) is 2. The van der Waals surface area contributed by atoms with Crippen LogP contribution >= 0.6 is 0 Å². The Bertz CT molecular complexity index is 834. The van der Waals surface area contributed by atoms with Crippen molar-refractivity contribution in [2.24, 2.45) is 0 Å². The predicted molar refractivity (Wildman–Crippen MR) is 99.3 cm³/mol. The monoisotopic (exact) mass is 361 g/mol. The molecule has 0 aliphatic heterocycles. The number of aryl methyl sites for hydroxylation is 1. The van der Waals surface area contributed by atoms with Gasteiger partial charge in [-0.3, -0.25) is 9.52 Å². The number of carbonyl (C=O) groups excluding carboxylic acids is 1. The summed E-state index contributed by atoms with van der Waals surface area (Å²) in [4.78, 5) is 14.3. The van der Waals surface area contributed by atoms with Crippen molar-refractivity contribution in [3.63, 3.8) is 0 Å². The summed E-state index contributed by atoms with van der Waals surface area (Å²) in [6, 6.07) is 13.3. The van der Waals surface area contributed by atoms with Crippen LogP contribution in [0.5, 0.6) is 0 Å². The first-order valence-corrected chi connectivity index (χ1v) is 9.39. The van der Waals surface area contributed by atoms with Gasteiger partial charge in [-0.1, -0.05) is 24.3 Å². The van der Waals surface area contributed by atoms with Gasteiger partial charge in [0.15, 0.2) is 0 Å². The van der Waals surface area contributed by atoms with E-state index in [2.05, 4.69) is 10.0 Å². The first kappa shape index (κ1) is 19.0. The van der Waals surface area contributed by atoms with Crippen molar-refractivity contribution in [3.8, 4) is 0 Å². The lowest BCUT2D eigenvalue weighted by Gasteiger charge is -2.13. The van der Waals surface area contributed by atoms with Crippen molar-refractivity contribution < 1.29 is 13.2 Å². The van der Waals surface area contributed by atoms with Crippen LogP contribution in [0.25, 0.3) is 0 Å². The van der Waals surface area contributed by atoms with Gasteiger partial charge in [0.05, 0.1) is 4.90 Å². The van der Waals surface area contributed by atoms with E-state index in [0.717, 1.165) is 0 Å². The topological polar surface area (TPSA) is 78.5 Å². The zero-order chi connectivity index (χ0) is 18.4. The Labute approximate surface area is 148 Å². The van der Waals surface area contributed by atoms with Gasteiger partial charge in [-0.2, -0.15) is 0 Å². The van der Waals surface area contributed by atoms with Gasteiger partial charge in [-0.05, 0) is 50.8 Å². The SMILES string of the molecule is Cc1ccc(C(=O)NCCN(C)C)cc1S(=O)(=O)Nc1ccccc1. The van der Waals surface area contributed by atoms with E-state index in [1.807, 2.05) is 25.1 Å². The quantitative estimate of drug-likeness (QED) is 0.791. The molecule has 134 valence electrons. The van der Waals surface area contributed by atoms with Crippen LogP contribution in [-0.2, 0) is 10.0 Å². The maximum atomic E-state index is 12.7. The molecular formula is C18H23N3O3S. The van der Waals surface area contributed by atoms with E-state index in [0.29, 0.717) is 29.9 Å². The Balaban J connectivity index is 2.22. The molecule has 0 aromatic heterocycles. The highest BCUT2D eigenvalue weighted by molar-refractivity contribution is 7.92. The molecule has 0 aliphatic carbocycles. The number of carbonyl (C=O) groups is 1. The number of para-hydroxylation sites is 1. The van der Waals surface area contributed by atoms with Crippen LogP contribution in [0.15, 0.2) is 53.4 Å². The molecule has 0 fully saturated rings. The van der Waals surface area contributed by atoms with Crippen LogP contribution in [0.1, 0.15) is 15.9 Å². The van der Waals surface area contributed by atoms with Crippen LogP contribution in [0.3, 0.4) is 0 Å².